The van der Waals surface area contributed by atoms with Gasteiger partial charge in [-0.2, -0.15) is 46.7 Å². The Morgan fingerprint density at radius 3 is 1.13 bits per heavy atom. The van der Waals surface area contributed by atoms with E-state index >= 15 is 0 Å². The van der Waals surface area contributed by atoms with Gasteiger partial charge in [-0.1, -0.05) is 60.7 Å². The third-order valence-corrected chi connectivity index (χ3v) is 10.2. The van der Waals surface area contributed by atoms with Gasteiger partial charge in [0.25, 0.3) is 20.2 Å². The maximum atomic E-state index is 12.6. The summed E-state index contributed by atoms with van der Waals surface area (Å²) in [5.41, 5.74) is 1.63. The quantitative estimate of drug-likeness (QED) is 0.0346. The van der Waals surface area contributed by atoms with Crippen molar-refractivity contribution in [1.29, 1.82) is 0 Å². The fourth-order valence-corrected chi connectivity index (χ4v) is 6.90. The van der Waals surface area contributed by atoms with Crippen molar-refractivity contribution in [2.24, 2.45) is 0 Å². The van der Waals surface area contributed by atoms with Crippen molar-refractivity contribution in [2.45, 2.75) is 9.79 Å². The molecule has 0 bridgehead atoms. The molecule has 6 aromatic rings. The number of aliphatic hydroxyl groups excluding tert-OH is 2. The molecule has 0 atom stereocenters. The van der Waals surface area contributed by atoms with E-state index in [4.69, 9.17) is 0 Å². The molecule has 0 spiro atoms. The standard InChI is InChI=1S/C38H40N12O8S2.2Na/c1-49(19-21-51)37-45-33(39-27-9-5-3-6-10-27)43-35(47-37)41-29-17-15-25(31(23-29)59(53,54)55)13-14-26-16-18-30(24-32(26)60(56,57)58)42-36-44-34(40-28-11-7-4-8-12-28)46-38(48-36)50(2)20-22-52;;/h3-18,23-24,51-52H,19-22H2,1-2H3,(H,53,54,55)(H,56,57,58)(H2,39,41,43,45,47)(H2,40,42,44,46,48);;. The largest absolute Gasteiger partial charge is 0.395 e. The first-order chi connectivity index (χ1) is 28.7. The Labute approximate surface area is 402 Å². The molecule has 314 valence electrons. The predicted molar refractivity (Wildman–Crippen MR) is 239 cm³/mol. The van der Waals surface area contributed by atoms with Crippen LogP contribution in [0.4, 0.5) is 58.4 Å². The number of likely N-dealkylation sites (N-methyl/N-ethyl adjacent to an activating group) is 2. The molecule has 0 aliphatic rings. The van der Waals surface area contributed by atoms with Crippen LogP contribution in [0.25, 0.3) is 12.2 Å². The maximum absolute atomic E-state index is 12.6. The first kappa shape index (κ1) is 49.8. The number of hydrogen-bond acceptors (Lipinski definition) is 18. The Hall–Kier alpha value is -4.82. The summed E-state index contributed by atoms with van der Waals surface area (Å²) in [6.07, 6.45) is 2.51. The van der Waals surface area contributed by atoms with Gasteiger partial charge in [0, 0.05) is 109 Å². The molecule has 62 heavy (non-hydrogen) atoms. The second kappa shape index (κ2) is 22.5. The van der Waals surface area contributed by atoms with E-state index in [2.05, 4.69) is 51.2 Å². The van der Waals surface area contributed by atoms with Crippen LogP contribution in [-0.4, -0.2) is 166 Å². The van der Waals surface area contributed by atoms with Crippen molar-refractivity contribution in [1.82, 2.24) is 29.9 Å². The minimum absolute atomic E-state index is 0. The third-order valence-electron chi connectivity index (χ3n) is 8.40. The molecule has 0 saturated carbocycles. The smallest absolute Gasteiger partial charge is 0.295 e. The molecule has 2 heterocycles. The first-order valence-corrected chi connectivity index (χ1v) is 20.8. The van der Waals surface area contributed by atoms with Crippen LogP contribution in [-0.2, 0) is 20.2 Å². The van der Waals surface area contributed by atoms with Gasteiger partial charge in [-0.3, -0.25) is 9.11 Å². The van der Waals surface area contributed by atoms with Crippen LogP contribution in [0.15, 0.2) is 107 Å². The molecule has 24 heteroatoms. The molecule has 2 radical (unpaired) electrons. The van der Waals surface area contributed by atoms with Crippen molar-refractivity contribution in [3.05, 3.63) is 108 Å². The molecule has 0 aliphatic carbocycles. The topological polar surface area (TPSA) is 281 Å². The summed E-state index contributed by atoms with van der Waals surface area (Å²) in [5.74, 6) is 0.704. The number of hydrogen-bond donors (Lipinski definition) is 8. The maximum Gasteiger partial charge on any atom is 0.295 e. The number of anilines is 10. The van der Waals surface area contributed by atoms with Crippen LogP contribution in [0, 0.1) is 0 Å². The van der Waals surface area contributed by atoms with Crippen LogP contribution >= 0.6 is 0 Å². The number of nitrogens with one attached hydrogen (secondary N) is 4. The normalized spacial score (nSPS) is 11.3. The number of para-hydroxylation sites is 2. The van der Waals surface area contributed by atoms with Crippen molar-refractivity contribution in [2.75, 3.05) is 71.5 Å². The van der Waals surface area contributed by atoms with E-state index in [0.29, 0.717) is 11.4 Å². The van der Waals surface area contributed by atoms with E-state index in [1.54, 1.807) is 48.2 Å². The van der Waals surface area contributed by atoms with E-state index in [-0.39, 0.29) is 144 Å². The Bertz CT molecular complexity index is 2530. The molecule has 0 aliphatic heterocycles. The van der Waals surface area contributed by atoms with E-state index in [9.17, 15) is 36.2 Å². The van der Waals surface area contributed by atoms with Crippen LogP contribution in [0.3, 0.4) is 0 Å². The molecule has 8 N–H and O–H groups in total. The molecule has 0 fully saturated rings. The van der Waals surface area contributed by atoms with Gasteiger partial charge in [-0.15, -0.1) is 0 Å². The van der Waals surface area contributed by atoms with Crippen LogP contribution in [0.1, 0.15) is 11.1 Å². The Balaban J connectivity index is 0.00000422. The van der Waals surface area contributed by atoms with Crippen molar-refractivity contribution < 1.29 is 36.2 Å². The zero-order valence-corrected chi connectivity index (χ0v) is 39.7. The first-order valence-electron chi connectivity index (χ1n) is 17.9. The van der Waals surface area contributed by atoms with Crippen molar-refractivity contribution >= 4 is 150 Å². The molecule has 2 aromatic heterocycles. The fraction of sp³-hybridized carbons (Fsp3) is 0.158. The van der Waals surface area contributed by atoms with E-state index < -0.39 is 30.0 Å². The summed E-state index contributed by atoms with van der Waals surface area (Å²) in [6, 6.07) is 26.1. The summed E-state index contributed by atoms with van der Waals surface area (Å²) in [6.45, 7) is 0.0646. The van der Waals surface area contributed by atoms with Crippen molar-refractivity contribution in [3.8, 4) is 0 Å². The van der Waals surface area contributed by atoms with Gasteiger partial charge in [0.1, 0.15) is 9.79 Å². The molecule has 4 aromatic carbocycles. The Morgan fingerprint density at radius 2 is 0.823 bits per heavy atom. The number of benzene rings is 4. The summed E-state index contributed by atoms with van der Waals surface area (Å²) < 4.78 is 71.1. The second-order valence-electron chi connectivity index (χ2n) is 12.9. The minimum atomic E-state index is -4.86. The average molecular weight is 903 g/mol. The Kier molecular flexibility index (Phi) is 18.1. The SMILES string of the molecule is CN(CCO)c1nc(Nc2ccccc2)nc(Nc2ccc(C=Cc3ccc(Nc4nc(Nc5ccccc5)nc(N(C)CCO)n4)cc3S(=O)(=O)O)c(S(=O)(=O)O)c2)n1.[Na].[Na]. The van der Waals surface area contributed by atoms with Crippen LogP contribution < -0.4 is 31.1 Å². The molecular weight excluding hydrogens is 863 g/mol. The number of aromatic nitrogens is 6. The number of aliphatic hydroxyl groups is 2. The van der Waals surface area contributed by atoms with Crippen molar-refractivity contribution in [3.63, 3.8) is 0 Å². The van der Waals surface area contributed by atoms with Gasteiger partial charge in [0.2, 0.25) is 35.7 Å². The number of rotatable bonds is 18. The zero-order valence-electron chi connectivity index (χ0n) is 34.0. The van der Waals surface area contributed by atoms with Gasteiger partial charge in [-0.05, 0) is 59.7 Å². The third kappa shape index (κ3) is 13.8. The van der Waals surface area contributed by atoms with Crippen LogP contribution in [0.5, 0.6) is 0 Å². The molecule has 0 amide bonds. The fourth-order valence-electron chi connectivity index (χ4n) is 5.48. The van der Waals surface area contributed by atoms with E-state index in [1.165, 1.54) is 36.4 Å². The second-order valence-corrected chi connectivity index (χ2v) is 15.7. The number of nitrogens with zero attached hydrogens (tertiary/aromatic N) is 8. The average Bonchev–Trinajstić information content (AvgIpc) is 3.20. The monoisotopic (exact) mass is 902 g/mol. The molecular formula is C38H40N12Na2O8S2. The van der Waals surface area contributed by atoms with Gasteiger partial charge in [0.05, 0.1) is 13.2 Å². The van der Waals surface area contributed by atoms with Gasteiger partial charge in [0.15, 0.2) is 0 Å². The Morgan fingerprint density at radius 1 is 0.500 bits per heavy atom. The minimum Gasteiger partial charge on any atom is -0.395 e. The molecule has 6 rings (SSSR count). The van der Waals surface area contributed by atoms with E-state index in [1.807, 2.05) is 36.4 Å². The van der Waals surface area contributed by atoms with E-state index in [0.717, 1.165) is 12.1 Å². The summed E-state index contributed by atoms with van der Waals surface area (Å²) >= 11 is 0. The molecule has 0 unspecified atom stereocenters. The van der Waals surface area contributed by atoms with Gasteiger partial charge < -0.3 is 41.3 Å². The molecule has 20 nitrogen and oxygen atoms in total. The summed E-state index contributed by atoms with van der Waals surface area (Å²) in [5, 5.41) is 30.9. The predicted octanol–water partition coefficient (Wildman–Crippen LogP) is 3.79. The van der Waals surface area contributed by atoms with Gasteiger partial charge >= 0.3 is 0 Å². The van der Waals surface area contributed by atoms with Crippen LogP contribution in [0.2, 0.25) is 0 Å². The zero-order chi connectivity index (χ0) is 42.9. The van der Waals surface area contributed by atoms with Gasteiger partial charge in [-0.25, -0.2) is 0 Å². The summed E-state index contributed by atoms with van der Waals surface area (Å²) in [4.78, 5) is 28.5. The molecule has 0 saturated heterocycles. The summed E-state index contributed by atoms with van der Waals surface area (Å²) in [7, 11) is -6.38.